The van der Waals surface area contributed by atoms with Crippen LogP contribution in [0.4, 0.5) is 16.2 Å². The Labute approximate surface area is 98.7 Å². The van der Waals surface area contributed by atoms with Crippen LogP contribution in [0.3, 0.4) is 0 Å². The topological polar surface area (TPSA) is 101 Å². The van der Waals surface area contributed by atoms with E-state index in [1.165, 1.54) is 11.9 Å². The standard InChI is InChI=1S/C8H14FN5O2S/c1-14(3-4-17(2,15)16)7-6(9)5-11-8(12-7)13-10/h5H,3-4,10H2,1-2H3,(H,11,12,13). The number of hydrogen-bond donors (Lipinski definition) is 2. The molecule has 0 fully saturated rings. The highest BCUT2D eigenvalue weighted by Gasteiger charge is 2.13. The van der Waals surface area contributed by atoms with Crippen LogP contribution in [0.1, 0.15) is 0 Å². The van der Waals surface area contributed by atoms with Crippen molar-refractivity contribution in [2.75, 3.05) is 35.9 Å². The van der Waals surface area contributed by atoms with Crippen LogP contribution >= 0.6 is 0 Å². The van der Waals surface area contributed by atoms with E-state index in [-0.39, 0.29) is 24.1 Å². The summed E-state index contributed by atoms with van der Waals surface area (Å²) >= 11 is 0. The van der Waals surface area contributed by atoms with Crippen molar-refractivity contribution in [3.63, 3.8) is 0 Å². The molecule has 0 aliphatic carbocycles. The second-order valence-corrected chi connectivity index (χ2v) is 5.82. The van der Waals surface area contributed by atoms with Crippen LogP contribution in [0.15, 0.2) is 6.20 Å². The predicted octanol–water partition coefficient (Wildman–Crippen LogP) is -0.618. The summed E-state index contributed by atoms with van der Waals surface area (Å²) in [6.07, 6.45) is 2.08. The Balaban J connectivity index is 2.84. The molecule has 0 atom stereocenters. The molecule has 7 nitrogen and oxygen atoms in total. The molecule has 0 bridgehead atoms. The molecule has 0 spiro atoms. The molecule has 0 saturated heterocycles. The molecule has 1 heterocycles. The van der Waals surface area contributed by atoms with Gasteiger partial charge in [-0.2, -0.15) is 4.98 Å². The molecule has 9 heteroatoms. The number of hydrogen-bond acceptors (Lipinski definition) is 7. The Bertz CT molecular complexity index is 493. The fraction of sp³-hybridized carbons (Fsp3) is 0.500. The summed E-state index contributed by atoms with van der Waals surface area (Å²) < 4.78 is 35.4. The van der Waals surface area contributed by atoms with E-state index < -0.39 is 15.7 Å². The van der Waals surface area contributed by atoms with Gasteiger partial charge in [-0.15, -0.1) is 0 Å². The van der Waals surface area contributed by atoms with Crippen LogP contribution in [0.25, 0.3) is 0 Å². The molecular weight excluding hydrogens is 249 g/mol. The van der Waals surface area contributed by atoms with E-state index in [1.807, 2.05) is 0 Å². The molecule has 0 unspecified atom stereocenters. The van der Waals surface area contributed by atoms with Crippen LogP contribution in [0.2, 0.25) is 0 Å². The molecule has 0 aliphatic rings. The summed E-state index contributed by atoms with van der Waals surface area (Å²) in [4.78, 5) is 8.77. The minimum Gasteiger partial charge on any atom is -0.356 e. The van der Waals surface area contributed by atoms with Gasteiger partial charge in [0.25, 0.3) is 0 Å². The number of nitrogens with zero attached hydrogens (tertiary/aromatic N) is 3. The van der Waals surface area contributed by atoms with Crippen LogP contribution < -0.4 is 16.2 Å². The van der Waals surface area contributed by atoms with Crippen LogP contribution in [0.5, 0.6) is 0 Å². The van der Waals surface area contributed by atoms with Gasteiger partial charge in [0.15, 0.2) is 11.6 Å². The van der Waals surface area contributed by atoms with Crippen molar-refractivity contribution in [3.05, 3.63) is 12.0 Å². The molecule has 96 valence electrons. The molecule has 1 aromatic heterocycles. The first kappa shape index (κ1) is 13.6. The Morgan fingerprint density at radius 3 is 2.76 bits per heavy atom. The number of nitrogens with two attached hydrogens (primary N) is 1. The van der Waals surface area contributed by atoms with Gasteiger partial charge in [-0.1, -0.05) is 0 Å². The third-order valence-corrected chi connectivity index (χ3v) is 2.94. The fourth-order valence-electron chi connectivity index (χ4n) is 1.10. The van der Waals surface area contributed by atoms with Gasteiger partial charge < -0.3 is 4.90 Å². The normalized spacial score (nSPS) is 11.3. The number of rotatable bonds is 5. The molecule has 0 aliphatic heterocycles. The fourth-order valence-corrected chi connectivity index (χ4v) is 1.71. The van der Waals surface area contributed by atoms with Gasteiger partial charge in [0, 0.05) is 19.8 Å². The number of nitrogens with one attached hydrogen (secondary N) is 1. The first-order valence-electron chi connectivity index (χ1n) is 4.71. The third kappa shape index (κ3) is 4.11. The van der Waals surface area contributed by atoms with Crippen molar-refractivity contribution in [2.24, 2.45) is 5.84 Å². The summed E-state index contributed by atoms with van der Waals surface area (Å²) in [5, 5.41) is 0. The van der Waals surface area contributed by atoms with E-state index >= 15 is 0 Å². The lowest BCUT2D eigenvalue weighted by Gasteiger charge is -2.18. The molecule has 3 N–H and O–H groups in total. The molecular formula is C8H14FN5O2S. The zero-order valence-electron chi connectivity index (χ0n) is 9.51. The molecule has 1 aromatic rings. The van der Waals surface area contributed by atoms with Gasteiger partial charge in [0.05, 0.1) is 11.9 Å². The van der Waals surface area contributed by atoms with Crippen LogP contribution in [-0.2, 0) is 9.84 Å². The average Bonchev–Trinajstić information content (AvgIpc) is 2.25. The molecule has 0 amide bonds. The number of halogens is 1. The van der Waals surface area contributed by atoms with Crippen LogP contribution in [-0.4, -0.2) is 44.0 Å². The molecule has 0 radical (unpaired) electrons. The van der Waals surface area contributed by atoms with E-state index in [9.17, 15) is 12.8 Å². The van der Waals surface area contributed by atoms with E-state index in [4.69, 9.17) is 5.84 Å². The van der Waals surface area contributed by atoms with Gasteiger partial charge in [-0.05, 0) is 0 Å². The zero-order valence-corrected chi connectivity index (χ0v) is 10.3. The summed E-state index contributed by atoms with van der Waals surface area (Å²) in [6, 6.07) is 0. The van der Waals surface area contributed by atoms with Crippen molar-refractivity contribution in [3.8, 4) is 0 Å². The Kier molecular flexibility index (Phi) is 4.18. The average molecular weight is 263 g/mol. The van der Waals surface area contributed by atoms with Gasteiger partial charge in [-0.3, -0.25) is 5.43 Å². The highest BCUT2D eigenvalue weighted by atomic mass is 32.2. The molecule has 0 saturated carbocycles. The minimum absolute atomic E-state index is 0.00315. The van der Waals surface area contributed by atoms with Gasteiger partial charge in [-0.25, -0.2) is 23.6 Å². The Morgan fingerprint density at radius 1 is 1.59 bits per heavy atom. The van der Waals surface area contributed by atoms with E-state index in [0.29, 0.717) is 0 Å². The molecule has 1 rings (SSSR count). The first-order chi connectivity index (χ1) is 7.83. The maximum atomic E-state index is 13.4. The van der Waals surface area contributed by atoms with Crippen molar-refractivity contribution < 1.29 is 12.8 Å². The quantitative estimate of drug-likeness (QED) is 0.539. The summed E-state index contributed by atoms with van der Waals surface area (Å²) in [7, 11) is -1.56. The monoisotopic (exact) mass is 263 g/mol. The van der Waals surface area contributed by atoms with E-state index in [2.05, 4.69) is 15.4 Å². The second-order valence-electron chi connectivity index (χ2n) is 3.56. The number of anilines is 2. The van der Waals surface area contributed by atoms with Gasteiger partial charge >= 0.3 is 0 Å². The maximum Gasteiger partial charge on any atom is 0.239 e. The van der Waals surface area contributed by atoms with Crippen molar-refractivity contribution in [2.45, 2.75) is 0 Å². The number of sulfone groups is 1. The molecule has 17 heavy (non-hydrogen) atoms. The minimum atomic E-state index is -3.10. The second kappa shape index (κ2) is 5.23. The molecule has 0 aromatic carbocycles. The highest BCUT2D eigenvalue weighted by Crippen LogP contribution is 2.15. The van der Waals surface area contributed by atoms with Crippen molar-refractivity contribution in [1.82, 2.24) is 9.97 Å². The lowest BCUT2D eigenvalue weighted by molar-refractivity contribution is 0.596. The van der Waals surface area contributed by atoms with Crippen molar-refractivity contribution >= 4 is 21.6 Å². The smallest absolute Gasteiger partial charge is 0.239 e. The Morgan fingerprint density at radius 2 is 2.24 bits per heavy atom. The number of nitrogen functional groups attached to an aromatic ring is 1. The zero-order chi connectivity index (χ0) is 13.1. The lowest BCUT2D eigenvalue weighted by Crippen LogP contribution is -2.27. The summed E-state index contributed by atoms with van der Waals surface area (Å²) in [6.45, 7) is 0.136. The maximum absolute atomic E-state index is 13.4. The first-order valence-corrected chi connectivity index (χ1v) is 6.77. The third-order valence-electron chi connectivity index (χ3n) is 2.01. The predicted molar refractivity (Wildman–Crippen MR) is 62.8 cm³/mol. The van der Waals surface area contributed by atoms with E-state index in [0.717, 1.165) is 12.5 Å². The lowest BCUT2D eigenvalue weighted by atomic mass is 10.5. The van der Waals surface area contributed by atoms with E-state index in [1.54, 1.807) is 0 Å². The number of hydrazine groups is 1. The largest absolute Gasteiger partial charge is 0.356 e. The van der Waals surface area contributed by atoms with Gasteiger partial charge in [0.2, 0.25) is 5.95 Å². The van der Waals surface area contributed by atoms with Crippen molar-refractivity contribution in [1.29, 1.82) is 0 Å². The number of aromatic nitrogens is 2. The highest BCUT2D eigenvalue weighted by molar-refractivity contribution is 7.90. The SMILES string of the molecule is CN(CCS(C)(=O)=O)c1nc(NN)ncc1F. The summed E-state index contributed by atoms with van der Waals surface area (Å²) in [5.41, 5.74) is 2.19. The Hall–Kier alpha value is -1.48. The van der Waals surface area contributed by atoms with Gasteiger partial charge in [0.1, 0.15) is 9.84 Å². The van der Waals surface area contributed by atoms with Crippen LogP contribution in [0, 0.1) is 5.82 Å². The summed E-state index contributed by atoms with van der Waals surface area (Å²) in [5.74, 6) is 4.44.